The second kappa shape index (κ2) is 4.64. The summed E-state index contributed by atoms with van der Waals surface area (Å²) in [5.74, 6) is 1.83. The van der Waals surface area contributed by atoms with Gasteiger partial charge in [-0.25, -0.2) is 4.98 Å². The summed E-state index contributed by atoms with van der Waals surface area (Å²) in [6.45, 7) is 8.18. The number of nitrogens with one attached hydrogen (secondary N) is 1. The van der Waals surface area contributed by atoms with Crippen molar-refractivity contribution in [2.45, 2.75) is 34.2 Å². The molecule has 2 rings (SSSR count). The number of aromatic nitrogens is 3. The highest BCUT2D eigenvalue weighted by atomic mass is 16.5. The highest BCUT2D eigenvalue weighted by molar-refractivity contribution is 5.46. The van der Waals surface area contributed by atoms with Gasteiger partial charge >= 0.3 is 0 Å². The van der Waals surface area contributed by atoms with Crippen LogP contribution in [0.15, 0.2) is 4.52 Å². The van der Waals surface area contributed by atoms with E-state index in [-0.39, 0.29) is 0 Å². The molecule has 0 fully saturated rings. The average Bonchev–Trinajstić information content (AvgIpc) is 2.63. The summed E-state index contributed by atoms with van der Waals surface area (Å²) in [6, 6.07) is 0. The number of nitrogen functional groups attached to an aromatic ring is 1. The molecule has 0 spiro atoms. The van der Waals surface area contributed by atoms with Gasteiger partial charge in [0.1, 0.15) is 11.6 Å². The van der Waals surface area contributed by atoms with Gasteiger partial charge in [-0.05, 0) is 27.7 Å². The van der Waals surface area contributed by atoms with Gasteiger partial charge in [-0.1, -0.05) is 5.16 Å². The zero-order valence-electron chi connectivity index (χ0n) is 11.0. The summed E-state index contributed by atoms with van der Waals surface area (Å²) in [6.07, 6.45) is 0. The molecule has 0 bridgehead atoms. The molecule has 18 heavy (non-hydrogen) atoms. The van der Waals surface area contributed by atoms with E-state index in [1.54, 1.807) is 0 Å². The van der Waals surface area contributed by atoms with Gasteiger partial charge in [0.25, 0.3) is 0 Å². The van der Waals surface area contributed by atoms with Crippen molar-refractivity contribution in [3.63, 3.8) is 0 Å². The predicted octanol–water partition coefficient (Wildman–Crippen LogP) is 1.89. The van der Waals surface area contributed by atoms with E-state index in [2.05, 4.69) is 20.4 Å². The Morgan fingerprint density at radius 2 is 1.83 bits per heavy atom. The van der Waals surface area contributed by atoms with Crippen molar-refractivity contribution < 1.29 is 4.52 Å². The summed E-state index contributed by atoms with van der Waals surface area (Å²) in [5.41, 5.74) is 9.50. The Kier molecular flexibility index (Phi) is 3.18. The predicted molar refractivity (Wildman–Crippen MR) is 69.2 cm³/mol. The van der Waals surface area contributed by atoms with Crippen LogP contribution in [0.1, 0.15) is 28.3 Å². The molecule has 0 saturated heterocycles. The van der Waals surface area contributed by atoms with Gasteiger partial charge in [0, 0.05) is 23.4 Å². The second-order valence-corrected chi connectivity index (χ2v) is 4.30. The van der Waals surface area contributed by atoms with E-state index in [9.17, 15) is 0 Å². The first-order valence-electron chi connectivity index (χ1n) is 5.75. The lowest BCUT2D eigenvalue weighted by Gasteiger charge is -2.08. The number of nitrogens with zero attached hydrogens (tertiary/aromatic N) is 3. The lowest BCUT2D eigenvalue weighted by Crippen LogP contribution is -2.08. The Morgan fingerprint density at radius 3 is 2.39 bits per heavy atom. The molecular formula is C12H17N5O. The lowest BCUT2D eigenvalue weighted by atomic mass is 10.2. The van der Waals surface area contributed by atoms with E-state index >= 15 is 0 Å². The first-order chi connectivity index (χ1) is 8.49. The molecule has 2 aromatic heterocycles. The van der Waals surface area contributed by atoms with Crippen LogP contribution < -0.4 is 11.1 Å². The zero-order valence-corrected chi connectivity index (χ0v) is 11.0. The Morgan fingerprint density at radius 1 is 1.11 bits per heavy atom. The van der Waals surface area contributed by atoms with E-state index in [0.717, 1.165) is 28.3 Å². The van der Waals surface area contributed by atoms with Crippen LogP contribution in [0, 0.1) is 27.7 Å². The standard InChI is InChI=1S/C12H17N5O/c1-6-7(2)15-12(16-11(6)13)14-5-10-8(3)17-18-9(10)4/h5H2,1-4H3,(H3,13,14,15,16). The number of hydrogen-bond acceptors (Lipinski definition) is 6. The molecule has 0 aromatic carbocycles. The van der Waals surface area contributed by atoms with Crippen molar-refractivity contribution in [2.75, 3.05) is 11.1 Å². The van der Waals surface area contributed by atoms with Crippen LogP contribution in [0.4, 0.5) is 11.8 Å². The van der Waals surface area contributed by atoms with Gasteiger partial charge in [-0.3, -0.25) is 0 Å². The third-order valence-corrected chi connectivity index (χ3v) is 3.03. The molecule has 2 aromatic rings. The zero-order chi connectivity index (χ0) is 13.3. The van der Waals surface area contributed by atoms with Crippen LogP contribution in [-0.2, 0) is 6.54 Å². The van der Waals surface area contributed by atoms with Crippen molar-refractivity contribution in [3.8, 4) is 0 Å². The number of rotatable bonds is 3. The van der Waals surface area contributed by atoms with Crippen LogP contribution in [-0.4, -0.2) is 15.1 Å². The molecule has 0 atom stereocenters. The molecule has 96 valence electrons. The summed E-state index contributed by atoms with van der Waals surface area (Å²) >= 11 is 0. The van der Waals surface area contributed by atoms with Crippen LogP contribution in [0.2, 0.25) is 0 Å². The number of hydrogen-bond donors (Lipinski definition) is 2. The molecule has 6 heteroatoms. The number of anilines is 2. The minimum atomic E-state index is 0.503. The second-order valence-electron chi connectivity index (χ2n) is 4.30. The molecule has 0 unspecified atom stereocenters. The maximum Gasteiger partial charge on any atom is 0.225 e. The molecule has 0 aliphatic rings. The quantitative estimate of drug-likeness (QED) is 0.860. The van der Waals surface area contributed by atoms with Crippen LogP contribution in [0.5, 0.6) is 0 Å². The molecule has 0 saturated carbocycles. The Labute approximate surface area is 106 Å². The van der Waals surface area contributed by atoms with E-state index in [0.29, 0.717) is 18.3 Å². The van der Waals surface area contributed by atoms with Gasteiger partial charge in [-0.2, -0.15) is 4.98 Å². The molecule has 2 heterocycles. The number of nitrogens with two attached hydrogens (primary N) is 1. The topological polar surface area (TPSA) is 89.9 Å². The SMILES string of the molecule is Cc1nc(NCc2c(C)noc2C)nc(N)c1C. The van der Waals surface area contributed by atoms with E-state index in [4.69, 9.17) is 10.3 Å². The Balaban J connectivity index is 2.16. The normalized spacial score (nSPS) is 10.7. The fourth-order valence-electron chi connectivity index (χ4n) is 1.65. The first-order valence-corrected chi connectivity index (χ1v) is 5.75. The van der Waals surface area contributed by atoms with Crippen molar-refractivity contribution in [1.29, 1.82) is 0 Å². The Hall–Kier alpha value is -2.11. The maximum atomic E-state index is 5.81. The van der Waals surface area contributed by atoms with Crippen LogP contribution in [0.25, 0.3) is 0 Å². The van der Waals surface area contributed by atoms with E-state index in [1.807, 2.05) is 27.7 Å². The van der Waals surface area contributed by atoms with Crippen molar-refractivity contribution >= 4 is 11.8 Å². The fraction of sp³-hybridized carbons (Fsp3) is 0.417. The van der Waals surface area contributed by atoms with Gasteiger partial charge in [-0.15, -0.1) is 0 Å². The minimum Gasteiger partial charge on any atom is -0.383 e. The van der Waals surface area contributed by atoms with E-state index < -0.39 is 0 Å². The maximum absolute atomic E-state index is 5.81. The molecule has 0 aliphatic heterocycles. The average molecular weight is 247 g/mol. The fourth-order valence-corrected chi connectivity index (χ4v) is 1.65. The van der Waals surface area contributed by atoms with Gasteiger partial charge < -0.3 is 15.6 Å². The summed E-state index contributed by atoms with van der Waals surface area (Å²) in [5, 5.41) is 7.03. The van der Waals surface area contributed by atoms with Crippen molar-refractivity contribution in [3.05, 3.63) is 28.3 Å². The molecule has 6 nitrogen and oxygen atoms in total. The lowest BCUT2D eigenvalue weighted by molar-refractivity contribution is 0.392. The highest BCUT2D eigenvalue weighted by Gasteiger charge is 2.10. The number of aryl methyl sites for hydroxylation is 3. The minimum absolute atomic E-state index is 0.503. The van der Waals surface area contributed by atoms with Gasteiger partial charge in [0.05, 0.1) is 5.69 Å². The van der Waals surface area contributed by atoms with Crippen LogP contribution in [0.3, 0.4) is 0 Å². The summed E-state index contributed by atoms with van der Waals surface area (Å²) in [7, 11) is 0. The molecule has 3 N–H and O–H groups in total. The molecular weight excluding hydrogens is 230 g/mol. The molecule has 0 aliphatic carbocycles. The first kappa shape index (κ1) is 12.3. The Bertz CT molecular complexity index is 533. The third-order valence-electron chi connectivity index (χ3n) is 3.03. The smallest absolute Gasteiger partial charge is 0.225 e. The monoisotopic (exact) mass is 247 g/mol. The van der Waals surface area contributed by atoms with Crippen molar-refractivity contribution in [2.24, 2.45) is 0 Å². The largest absolute Gasteiger partial charge is 0.383 e. The van der Waals surface area contributed by atoms with Crippen LogP contribution >= 0.6 is 0 Å². The third kappa shape index (κ3) is 2.27. The summed E-state index contributed by atoms with van der Waals surface area (Å²) < 4.78 is 5.09. The highest BCUT2D eigenvalue weighted by Crippen LogP contribution is 2.16. The van der Waals surface area contributed by atoms with E-state index in [1.165, 1.54) is 0 Å². The molecule has 0 amide bonds. The molecule has 0 radical (unpaired) electrons. The van der Waals surface area contributed by atoms with Gasteiger partial charge in [0.15, 0.2) is 0 Å². The van der Waals surface area contributed by atoms with Crippen molar-refractivity contribution in [1.82, 2.24) is 15.1 Å². The summed E-state index contributed by atoms with van der Waals surface area (Å²) in [4.78, 5) is 8.54. The van der Waals surface area contributed by atoms with Gasteiger partial charge in [0.2, 0.25) is 5.95 Å².